The molecule has 0 aliphatic carbocycles. The summed E-state index contributed by atoms with van der Waals surface area (Å²) in [5.41, 5.74) is 7.10. The number of aromatic nitrogens is 2. The van der Waals surface area contributed by atoms with Gasteiger partial charge in [-0.15, -0.1) is 0 Å². The summed E-state index contributed by atoms with van der Waals surface area (Å²) in [6.45, 7) is 6.64. The predicted molar refractivity (Wildman–Crippen MR) is 119 cm³/mol. The average Bonchev–Trinajstić information content (AvgIpc) is 3.13. The highest BCUT2D eigenvalue weighted by Crippen LogP contribution is 2.39. The minimum Gasteiger partial charge on any atom is -0.454 e. The number of fused-ring (bicyclic) bond motifs is 3. The van der Waals surface area contributed by atoms with Gasteiger partial charge in [-0.05, 0) is 34.7 Å². The first-order valence-corrected chi connectivity index (χ1v) is 9.84. The van der Waals surface area contributed by atoms with Crippen LogP contribution in [0.25, 0.3) is 44.3 Å². The molecule has 0 saturated carbocycles. The van der Waals surface area contributed by atoms with Crippen molar-refractivity contribution in [3.63, 3.8) is 0 Å². The summed E-state index contributed by atoms with van der Waals surface area (Å²) in [5, 5.41) is 2.18. The molecule has 0 bridgehead atoms. The molecule has 3 heterocycles. The van der Waals surface area contributed by atoms with Crippen molar-refractivity contribution >= 4 is 21.9 Å². The molecule has 29 heavy (non-hydrogen) atoms. The zero-order valence-electron chi connectivity index (χ0n) is 16.8. The maximum absolute atomic E-state index is 6.32. The third-order valence-corrected chi connectivity index (χ3v) is 5.39. The van der Waals surface area contributed by atoms with E-state index in [9.17, 15) is 0 Å². The summed E-state index contributed by atoms with van der Waals surface area (Å²) in [6, 6.07) is 20.8. The molecule has 0 aliphatic heterocycles. The Bertz CT molecular complexity index is 1330. The molecule has 0 saturated heterocycles. The van der Waals surface area contributed by atoms with Crippen LogP contribution in [-0.2, 0) is 5.41 Å². The van der Waals surface area contributed by atoms with Crippen LogP contribution < -0.4 is 0 Å². The van der Waals surface area contributed by atoms with Crippen molar-refractivity contribution in [3.8, 4) is 22.4 Å². The van der Waals surface area contributed by atoms with E-state index in [-0.39, 0.29) is 5.41 Å². The first-order valence-electron chi connectivity index (χ1n) is 9.84. The lowest BCUT2D eigenvalue weighted by atomic mass is 9.87. The Balaban J connectivity index is 1.79. The van der Waals surface area contributed by atoms with E-state index < -0.39 is 0 Å². The van der Waals surface area contributed by atoms with Crippen LogP contribution in [0.5, 0.6) is 0 Å². The topological polar surface area (TPSA) is 38.9 Å². The molecule has 0 aliphatic rings. The Morgan fingerprint density at radius 1 is 0.828 bits per heavy atom. The van der Waals surface area contributed by atoms with E-state index in [1.54, 1.807) is 6.20 Å². The van der Waals surface area contributed by atoms with Gasteiger partial charge in [0.25, 0.3) is 0 Å². The molecule has 3 heteroatoms. The molecule has 0 unspecified atom stereocenters. The number of furan rings is 1. The summed E-state index contributed by atoms with van der Waals surface area (Å²) in [7, 11) is 0. The Morgan fingerprint density at radius 3 is 2.45 bits per heavy atom. The van der Waals surface area contributed by atoms with Gasteiger partial charge < -0.3 is 4.42 Å². The zero-order valence-corrected chi connectivity index (χ0v) is 16.8. The van der Waals surface area contributed by atoms with E-state index >= 15 is 0 Å². The molecule has 0 N–H and O–H groups in total. The van der Waals surface area contributed by atoms with Crippen molar-refractivity contribution in [1.82, 2.24) is 9.97 Å². The van der Waals surface area contributed by atoms with Gasteiger partial charge in [0.1, 0.15) is 5.58 Å². The molecular weight excluding hydrogens is 356 g/mol. The number of rotatable bonds is 2. The Hall–Kier alpha value is -3.46. The van der Waals surface area contributed by atoms with Gasteiger partial charge in [-0.25, -0.2) is 0 Å². The van der Waals surface area contributed by atoms with Crippen molar-refractivity contribution in [1.29, 1.82) is 0 Å². The minimum absolute atomic E-state index is 0.0594. The highest BCUT2D eigenvalue weighted by Gasteiger charge is 2.19. The van der Waals surface area contributed by atoms with Gasteiger partial charge in [-0.1, -0.05) is 63.2 Å². The van der Waals surface area contributed by atoms with Crippen LogP contribution >= 0.6 is 0 Å². The second kappa shape index (κ2) is 6.56. The molecule has 5 rings (SSSR count). The molecule has 2 aromatic carbocycles. The monoisotopic (exact) mass is 378 g/mol. The lowest BCUT2D eigenvalue weighted by Gasteiger charge is -2.19. The van der Waals surface area contributed by atoms with Gasteiger partial charge in [0.15, 0.2) is 5.58 Å². The Kier molecular flexibility index (Phi) is 3.99. The fourth-order valence-corrected chi connectivity index (χ4v) is 3.83. The summed E-state index contributed by atoms with van der Waals surface area (Å²) < 4.78 is 6.32. The van der Waals surface area contributed by atoms with Gasteiger partial charge in [0.2, 0.25) is 0 Å². The molecule has 3 aromatic heterocycles. The van der Waals surface area contributed by atoms with Crippen LogP contribution in [0.2, 0.25) is 0 Å². The molecule has 0 radical (unpaired) electrons. The van der Waals surface area contributed by atoms with Crippen LogP contribution in [0.1, 0.15) is 26.3 Å². The van der Waals surface area contributed by atoms with Crippen molar-refractivity contribution in [2.24, 2.45) is 0 Å². The summed E-state index contributed by atoms with van der Waals surface area (Å²) in [5.74, 6) is 0. The van der Waals surface area contributed by atoms with Crippen molar-refractivity contribution < 1.29 is 4.42 Å². The summed E-state index contributed by atoms with van der Waals surface area (Å²) in [6.07, 6.45) is 5.59. The van der Waals surface area contributed by atoms with Gasteiger partial charge in [-0.2, -0.15) is 0 Å². The number of benzene rings is 2. The molecule has 0 atom stereocenters. The lowest BCUT2D eigenvalue weighted by molar-refractivity contribution is 0.589. The standard InChI is InChI=1S/C26H22N2O/c1-26(2,3)18-12-13-28-22(14-18)19-10-7-11-20-24-21(17-8-5-4-6-9-17)15-27-16-23(24)29-25(19)20/h4-16H,1-3H3. The van der Waals surface area contributed by atoms with E-state index in [2.05, 4.69) is 73.2 Å². The van der Waals surface area contributed by atoms with Crippen LogP contribution in [-0.4, -0.2) is 9.97 Å². The van der Waals surface area contributed by atoms with Gasteiger partial charge in [0.05, 0.1) is 11.9 Å². The molecular formula is C26H22N2O. The number of hydrogen-bond donors (Lipinski definition) is 0. The van der Waals surface area contributed by atoms with Crippen molar-refractivity contribution in [2.75, 3.05) is 0 Å². The first-order chi connectivity index (χ1) is 14.0. The third kappa shape index (κ3) is 2.99. The zero-order chi connectivity index (χ0) is 20.0. The number of pyridine rings is 2. The highest BCUT2D eigenvalue weighted by atomic mass is 16.3. The predicted octanol–water partition coefficient (Wildman–Crippen LogP) is 7.01. The Labute approximate surface area is 170 Å². The lowest BCUT2D eigenvalue weighted by Crippen LogP contribution is -2.11. The number of hydrogen-bond acceptors (Lipinski definition) is 3. The molecule has 3 nitrogen and oxygen atoms in total. The van der Waals surface area contributed by atoms with Crippen LogP contribution in [0.3, 0.4) is 0 Å². The molecule has 0 amide bonds. The van der Waals surface area contributed by atoms with Gasteiger partial charge in [0, 0.05) is 34.3 Å². The summed E-state index contributed by atoms with van der Waals surface area (Å²) >= 11 is 0. The van der Waals surface area contributed by atoms with E-state index in [1.807, 2.05) is 30.6 Å². The number of para-hydroxylation sites is 1. The SMILES string of the molecule is CC(C)(C)c1ccnc(-c2cccc3c2oc2cncc(-c4ccccc4)c23)c1. The first kappa shape index (κ1) is 17.6. The quantitative estimate of drug-likeness (QED) is 0.332. The van der Waals surface area contributed by atoms with E-state index in [4.69, 9.17) is 4.42 Å². The second-order valence-electron chi connectivity index (χ2n) is 8.39. The van der Waals surface area contributed by atoms with Crippen LogP contribution in [0.15, 0.2) is 83.7 Å². The highest BCUT2D eigenvalue weighted by molar-refractivity contribution is 6.14. The van der Waals surface area contributed by atoms with Gasteiger partial charge >= 0.3 is 0 Å². The second-order valence-corrected chi connectivity index (χ2v) is 8.39. The third-order valence-electron chi connectivity index (χ3n) is 5.39. The fraction of sp³-hybridized carbons (Fsp3) is 0.154. The number of nitrogens with zero attached hydrogens (tertiary/aromatic N) is 2. The minimum atomic E-state index is 0.0594. The van der Waals surface area contributed by atoms with E-state index in [1.165, 1.54) is 5.56 Å². The smallest absolute Gasteiger partial charge is 0.154 e. The fourth-order valence-electron chi connectivity index (χ4n) is 3.83. The van der Waals surface area contributed by atoms with E-state index in [0.29, 0.717) is 0 Å². The van der Waals surface area contributed by atoms with Crippen molar-refractivity contribution in [2.45, 2.75) is 26.2 Å². The molecule has 0 fully saturated rings. The van der Waals surface area contributed by atoms with E-state index in [0.717, 1.165) is 44.3 Å². The average molecular weight is 378 g/mol. The summed E-state index contributed by atoms with van der Waals surface area (Å²) in [4.78, 5) is 9.07. The maximum Gasteiger partial charge on any atom is 0.154 e. The van der Waals surface area contributed by atoms with Crippen LogP contribution in [0, 0.1) is 0 Å². The molecule has 0 spiro atoms. The Morgan fingerprint density at radius 2 is 1.66 bits per heavy atom. The molecule has 142 valence electrons. The van der Waals surface area contributed by atoms with Crippen molar-refractivity contribution in [3.05, 3.63) is 84.8 Å². The normalized spacial score (nSPS) is 12.0. The molecule has 5 aromatic rings. The maximum atomic E-state index is 6.32. The van der Waals surface area contributed by atoms with Crippen LogP contribution in [0.4, 0.5) is 0 Å². The largest absolute Gasteiger partial charge is 0.454 e. The van der Waals surface area contributed by atoms with Gasteiger partial charge in [-0.3, -0.25) is 9.97 Å².